The van der Waals surface area contributed by atoms with Crippen molar-refractivity contribution in [2.45, 2.75) is 26.3 Å². The van der Waals surface area contributed by atoms with Gasteiger partial charge >= 0.3 is 51.4 Å². The Labute approximate surface area is 129 Å². The van der Waals surface area contributed by atoms with Crippen LogP contribution < -0.4 is 5.32 Å². The third-order valence-corrected chi connectivity index (χ3v) is 0.684. The Bertz CT molecular complexity index is 237. The number of nitrogens with one attached hydrogen (secondary N) is 1. The van der Waals surface area contributed by atoms with E-state index in [1.54, 1.807) is 0 Å². The van der Waals surface area contributed by atoms with Gasteiger partial charge in [0.15, 0.2) is 0 Å². The number of amides is 1. The zero-order valence-corrected chi connectivity index (χ0v) is 8.80. The third kappa shape index (κ3) is 29.3. The molecule has 0 aromatic heterocycles. The van der Waals surface area contributed by atoms with Crippen LogP contribution in [0.1, 0.15) is 20.8 Å². The fourth-order valence-corrected chi connectivity index (χ4v) is 0.421. The average molecular weight is 249 g/mol. The molecule has 0 saturated carbocycles. The van der Waals surface area contributed by atoms with E-state index >= 15 is 0 Å². The second-order valence-electron chi connectivity index (χ2n) is 3.18. The fourth-order valence-electron chi connectivity index (χ4n) is 0.421. The van der Waals surface area contributed by atoms with Crippen LogP contribution in [0.2, 0.25) is 0 Å². The van der Waals surface area contributed by atoms with Gasteiger partial charge < -0.3 is 5.32 Å². The van der Waals surface area contributed by atoms with E-state index in [4.69, 9.17) is 13.0 Å². The summed E-state index contributed by atoms with van der Waals surface area (Å²) in [7, 11) is -3.12. The van der Waals surface area contributed by atoms with Crippen molar-refractivity contribution in [3.63, 3.8) is 0 Å². The third-order valence-electron chi connectivity index (χ3n) is 0.684. The molecule has 5 nitrogen and oxygen atoms in total. The number of carbonyl (C=O) groups is 1. The Morgan fingerprint density at radius 2 is 1.71 bits per heavy atom. The second-order valence-corrected chi connectivity index (χ2v) is 3.66. The van der Waals surface area contributed by atoms with Crippen molar-refractivity contribution < 1.29 is 17.8 Å². The van der Waals surface area contributed by atoms with Gasteiger partial charge in [0.1, 0.15) is 0 Å². The molecule has 0 fully saturated rings. The zero-order chi connectivity index (χ0) is 11.1. The number of hydrogen-bond acceptors (Lipinski definition) is 3. The van der Waals surface area contributed by atoms with E-state index in [9.17, 15) is 4.79 Å². The van der Waals surface area contributed by atoms with Gasteiger partial charge in [-0.15, -0.1) is 0 Å². The van der Waals surface area contributed by atoms with E-state index < -0.39 is 11.0 Å². The standard InChI is InChI=1S/C7H13NO.K.H2O3S.H/c1-5-6(9)8-7(2,3)4;;1-4(2)3;/h5H,1H2,2-4H3,(H,8,9);;4H,(H,1,2,3);. The number of hydrogen-bond donors (Lipinski definition) is 3. The molecule has 0 rings (SSSR count). The van der Waals surface area contributed by atoms with E-state index in [2.05, 4.69) is 11.9 Å². The monoisotopic (exact) mass is 249 g/mol. The number of thiol groups is 1. The minimum absolute atomic E-state index is 0. The molecule has 7 heteroatoms. The van der Waals surface area contributed by atoms with Crippen molar-refractivity contribution in [3.05, 3.63) is 12.7 Å². The maximum absolute atomic E-state index is 10.6. The van der Waals surface area contributed by atoms with Crippen LogP contribution in [-0.4, -0.2) is 75.8 Å². The van der Waals surface area contributed by atoms with Gasteiger partial charge in [0.05, 0.1) is 0 Å². The summed E-state index contributed by atoms with van der Waals surface area (Å²) in [4.78, 5) is 10.6. The van der Waals surface area contributed by atoms with Crippen LogP contribution in [0, 0.1) is 0 Å². The predicted octanol–water partition coefficient (Wildman–Crippen LogP) is -0.491. The SMILES string of the molecule is C=CC(=O)NC(C)(C)C.O=[SH](=O)O.[KH]. The normalized spacial score (nSPS) is 9.21. The first kappa shape index (κ1) is 20.2. The molecule has 0 aromatic rings. The summed E-state index contributed by atoms with van der Waals surface area (Å²) in [5, 5.41) is 2.71. The molecule has 80 valence electrons. The summed E-state index contributed by atoms with van der Waals surface area (Å²) in [6.07, 6.45) is 1.27. The Hall–Kier alpha value is 0.756. The Morgan fingerprint density at radius 1 is 1.43 bits per heavy atom. The second kappa shape index (κ2) is 10.3. The van der Waals surface area contributed by atoms with Crippen LogP contribution >= 0.6 is 0 Å². The van der Waals surface area contributed by atoms with Crippen LogP contribution in [0.25, 0.3) is 0 Å². The topological polar surface area (TPSA) is 83.5 Å². The maximum atomic E-state index is 10.6. The first-order chi connectivity index (χ1) is 5.69. The summed E-state index contributed by atoms with van der Waals surface area (Å²) in [5.74, 6) is -0.123. The number of carbonyl (C=O) groups excluding carboxylic acids is 1. The van der Waals surface area contributed by atoms with Crippen LogP contribution in [0.3, 0.4) is 0 Å². The molecule has 0 aliphatic carbocycles. The molecule has 1 amide bonds. The van der Waals surface area contributed by atoms with Crippen molar-refractivity contribution >= 4 is 68.3 Å². The van der Waals surface area contributed by atoms with Gasteiger partial charge in [-0.2, -0.15) is 0 Å². The summed E-state index contributed by atoms with van der Waals surface area (Å²) in [5.41, 5.74) is -0.148. The Morgan fingerprint density at radius 3 is 1.79 bits per heavy atom. The van der Waals surface area contributed by atoms with Gasteiger partial charge in [0.2, 0.25) is 5.91 Å². The molecular weight excluding hydrogens is 233 g/mol. The zero-order valence-electron chi connectivity index (χ0n) is 7.90. The molecule has 0 atom stereocenters. The molecule has 2 N–H and O–H groups in total. The van der Waals surface area contributed by atoms with Gasteiger partial charge in [-0.05, 0) is 26.8 Å². The molecule has 0 saturated heterocycles. The molecule has 0 radical (unpaired) electrons. The average Bonchev–Trinajstić information content (AvgIpc) is 1.82. The van der Waals surface area contributed by atoms with E-state index in [1.165, 1.54) is 6.08 Å². The van der Waals surface area contributed by atoms with Crippen LogP contribution in [0.15, 0.2) is 12.7 Å². The molecule has 0 aromatic carbocycles. The molecule has 0 aliphatic heterocycles. The predicted molar refractivity (Wildman–Crippen MR) is 58.2 cm³/mol. The van der Waals surface area contributed by atoms with E-state index in [1.807, 2.05) is 20.8 Å². The summed E-state index contributed by atoms with van der Waals surface area (Å²) in [6, 6.07) is 0. The van der Waals surface area contributed by atoms with Crippen molar-refractivity contribution in [1.82, 2.24) is 5.32 Å². The van der Waals surface area contributed by atoms with Crippen molar-refractivity contribution in [3.8, 4) is 0 Å². The number of rotatable bonds is 1. The molecule has 0 aliphatic rings. The first-order valence-electron chi connectivity index (χ1n) is 3.47. The van der Waals surface area contributed by atoms with E-state index in [0.717, 1.165) is 0 Å². The first-order valence-corrected chi connectivity index (χ1v) is 4.60. The Balaban J connectivity index is -0.000000209. The molecular formula is C7H16KNO4S. The summed E-state index contributed by atoms with van der Waals surface area (Å²) in [6.45, 7) is 9.11. The van der Waals surface area contributed by atoms with E-state index in [-0.39, 0.29) is 62.8 Å². The molecule has 0 spiro atoms. The van der Waals surface area contributed by atoms with Gasteiger partial charge in [-0.25, -0.2) is 8.42 Å². The van der Waals surface area contributed by atoms with Crippen LogP contribution in [-0.2, 0) is 15.8 Å². The van der Waals surface area contributed by atoms with Gasteiger partial charge in [-0.3, -0.25) is 9.35 Å². The van der Waals surface area contributed by atoms with Crippen molar-refractivity contribution in [1.29, 1.82) is 0 Å². The van der Waals surface area contributed by atoms with Gasteiger partial charge in [0, 0.05) is 5.54 Å². The van der Waals surface area contributed by atoms with Crippen LogP contribution in [0.5, 0.6) is 0 Å². The molecule has 0 unspecified atom stereocenters. The quantitative estimate of drug-likeness (QED) is 0.253. The van der Waals surface area contributed by atoms with E-state index in [0.29, 0.717) is 0 Å². The molecule has 0 heterocycles. The molecule has 14 heavy (non-hydrogen) atoms. The fraction of sp³-hybridized carbons (Fsp3) is 0.571. The summed E-state index contributed by atoms with van der Waals surface area (Å²) >= 11 is 0. The van der Waals surface area contributed by atoms with Crippen LogP contribution in [0.4, 0.5) is 0 Å². The minimum atomic E-state index is -3.12. The van der Waals surface area contributed by atoms with Crippen molar-refractivity contribution in [2.75, 3.05) is 0 Å². The molecule has 0 bridgehead atoms. The Kier molecular flexibility index (Phi) is 14.8. The van der Waals surface area contributed by atoms with Crippen molar-refractivity contribution in [2.24, 2.45) is 0 Å². The van der Waals surface area contributed by atoms with Gasteiger partial charge in [0.25, 0.3) is 11.0 Å². The summed E-state index contributed by atoms with van der Waals surface area (Å²) < 4.78 is 24.2. The van der Waals surface area contributed by atoms with Gasteiger partial charge in [-0.1, -0.05) is 6.58 Å².